The van der Waals surface area contributed by atoms with Crippen LogP contribution < -0.4 is 5.32 Å². The lowest BCUT2D eigenvalue weighted by molar-refractivity contribution is -0.133. The fraction of sp³-hybridized carbons (Fsp3) is 0.750. The molecular weight excluding hydrogens is 342 g/mol. The number of likely N-dealkylation sites (tertiary alicyclic amines) is 1. The molecule has 1 saturated heterocycles. The smallest absolute Gasteiger partial charge is 0.317 e. The third kappa shape index (κ3) is 4.28. The zero-order valence-corrected chi connectivity index (χ0v) is 16.3. The second-order valence-electron chi connectivity index (χ2n) is 8.37. The highest BCUT2D eigenvalue weighted by Crippen LogP contribution is 2.32. The van der Waals surface area contributed by atoms with E-state index in [2.05, 4.69) is 15.5 Å². The molecule has 1 saturated carbocycles. The minimum Gasteiger partial charge on any atom is -0.342 e. The standard InChI is InChI=1S/C20H31N5O2/c1-24(13-18-16-5-3-2-4-6-17(16)22-23-18)20(27)21-15-9-11-25(12-10-15)19(26)14-7-8-14/h14-15H,2-13H2,1H3,(H,21,27)(H,22,23). The lowest BCUT2D eigenvalue weighted by Gasteiger charge is -2.33. The molecule has 0 atom stereocenters. The van der Waals surface area contributed by atoms with Crippen LogP contribution in [0.5, 0.6) is 0 Å². The van der Waals surface area contributed by atoms with Gasteiger partial charge in [-0.05, 0) is 56.9 Å². The van der Waals surface area contributed by atoms with Gasteiger partial charge in [0.25, 0.3) is 0 Å². The zero-order valence-electron chi connectivity index (χ0n) is 16.3. The van der Waals surface area contributed by atoms with Crippen molar-refractivity contribution >= 4 is 11.9 Å². The minimum atomic E-state index is -0.0488. The number of hydrogen-bond acceptors (Lipinski definition) is 3. The molecule has 0 spiro atoms. The van der Waals surface area contributed by atoms with Crippen LogP contribution in [0, 0.1) is 5.92 Å². The summed E-state index contributed by atoms with van der Waals surface area (Å²) >= 11 is 0. The molecule has 0 bridgehead atoms. The van der Waals surface area contributed by atoms with Crippen LogP contribution in [-0.4, -0.2) is 58.1 Å². The number of rotatable bonds is 4. The number of carbonyl (C=O) groups is 2. The summed E-state index contributed by atoms with van der Waals surface area (Å²) in [6.45, 7) is 2.06. The summed E-state index contributed by atoms with van der Waals surface area (Å²) in [6.07, 6.45) is 9.60. The summed E-state index contributed by atoms with van der Waals surface area (Å²) in [7, 11) is 1.83. The van der Waals surface area contributed by atoms with Gasteiger partial charge in [-0.25, -0.2) is 4.79 Å². The summed E-state index contributed by atoms with van der Waals surface area (Å²) in [6, 6.07) is 0.104. The highest BCUT2D eigenvalue weighted by Gasteiger charge is 2.35. The molecule has 1 aromatic rings. The molecule has 2 aliphatic carbocycles. The van der Waals surface area contributed by atoms with E-state index >= 15 is 0 Å². The largest absolute Gasteiger partial charge is 0.342 e. The molecule has 148 valence electrons. The first kappa shape index (κ1) is 18.3. The Morgan fingerprint density at radius 1 is 1.15 bits per heavy atom. The Hall–Kier alpha value is -2.05. The van der Waals surface area contributed by atoms with E-state index in [0.717, 1.165) is 57.3 Å². The van der Waals surface area contributed by atoms with E-state index in [1.54, 1.807) is 4.90 Å². The number of H-pyrrole nitrogens is 1. The lowest BCUT2D eigenvalue weighted by atomic mass is 10.0. The monoisotopic (exact) mass is 373 g/mol. The Bertz CT molecular complexity index is 689. The van der Waals surface area contributed by atoms with Gasteiger partial charge in [0.05, 0.1) is 12.2 Å². The van der Waals surface area contributed by atoms with Gasteiger partial charge >= 0.3 is 6.03 Å². The molecule has 27 heavy (non-hydrogen) atoms. The van der Waals surface area contributed by atoms with Gasteiger partial charge in [0, 0.05) is 37.8 Å². The number of aryl methyl sites for hydroxylation is 1. The van der Waals surface area contributed by atoms with E-state index in [4.69, 9.17) is 0 Å². The van der Waals surface area contributed by atoms with Gasteiger partial charge in [-0.1, -0.05) is 6.42 Å². The fourth-order valence-corrected chi connectivity index (χ4v) is 4.27. The van der Waals surface area contributed by atoms with Crippen LogP contribution in [0.1, 0.15) is 61.9 Å². The Balaban J connectivity index is 1.26. The van der Waals surface area contributed by atoms with E-state index in [9.17, 15) is 9.59 Å². The van der Waals surface area contributed by atoms with Gasteiger partial charge in [0.15, 0.2) is 0 Å². The van der Waals surface area contributed by atoms with Crippen LogP contribution in [0.15, 0.2) is 0 Å². The second kappa shape index (κ2) is 7.90. The molecule has 2 heterocycles. The third-order valence-electron chi connectivity index (χ3n) is 6.19. The zero-order chi connectivity index (χ0) is 18.8. The first-order chi connectivity index (χ1) is 13.1. The van der Waals surface area contributed by atoms with Crippen molar-refractivity contribution in [2.75, 3.05) is 20.1 Å². The van der Waals surface area contributed by atoms with Crippen molar-refractivity contribution < 1.29 is 9.59 Å². The average molecular weight is 374 g/mol. The molecule has 3 aliphatic rings. The first-order valence-corrected chi connectivity index (χ1v) is 10.5. The maximum Gasteiger partial charge on any atom is 0.317 e. The first-order valence-electron chi connectivity index (χ1n) is 10.5. The van der Waals surface area contributed by atoms with Crippen LogP contribution in [0.4, 0.5) is 4.79 Å². The van der Waals surface area contributed by atoms with Gasteiger partial charge in [-0.2, -0.15) is 5.10 Å². The van der Waals surface area contributed by atoms with Gasteiger partial charge in [-0.3, -0.25) is 9.89 Å². The number of urea groups is 1. The number of piperidine rings is 1. The number of aromatic amines is 1. The maximum atomic E-state index is 12.6. The second-order valence-corrected chi connectivity index (χ2v) is 8.37. The Kier molecular flexibility index (Phi) is 5.36. The SMILES string of the molecule is CN(Cc1n[nH]c2c1CCCCC2)C(=O)NC1CCN(C(=O)C2CC2)CC1. The Morgan fingerprint density at radius 3 is 2.63 bits per heavy atom. The number of amides is 3. The van der Waals surface area contributed by atoms with Crippen LogP contribution in [0.3, 0.4) is 0 Å². The lowest BCUT2D eigenvalue weighted by Crippen LogP contribution is -2.49. The molecule has 4 rings (SSSR count). The Labute approximate surface area is 160 Å². The Morgan fingerprint density at radius 2 is 1.89 bits per heavy atom. The quantitative estimate of drug-likeness (QED) is 0.794. The van der Waals surface area contributed by atoms with E-state index in [-0.39, 0.29) is 18.0 Å². The van der Waals surface area contributed by atoms with Crippen molar-refractivity contribution in [3.8, 4) is 0 Å². The number of nitrogens with one attached hydrogen (secondary N) is 2. The number of hydrogen-bond donors (Lipinski definition) is 2. The fourth-order valence-electron chi connectivity index (χ4n) is 4.27. The summed E-state index contributed by atoms with van der Waals surface area (Å²) in [4.78, 5) is 28.4. The van der Waals surface area contributed by atoms with Gasteiger partial charge < -0.3 is 15.1 Å². The summed E-state index contributed by atoms with van der Waals surface area (Å²) in [5.41, 5.74) is 3.58. The number of fused-ring (bicyclic) bond motifs is 1. The topological polar surface area (TPSA) is 81.3 Å². The molecule has 7 nitrogen and oxygen atoms in total. The summed E-state index contributed by atoms with van der Waals surface area (Å²) in [5.74, 6) is 0.599. The van der Waals surface area contributed by atoms with Gasteiger partial charge in [-0.15, -0.1) is 0 Å². The molecule has 0 aromatic carbocycles. The molecule has 3 amide bonds. The number of carbonyl (C=O) groups excluding carboxylic acids is 2. The molecule has 2 N–H and O–H groups in total. The minimum absolute atomic E-state index is 0.0488. The molecule has 7 heteroatoms. The van der Waals surface area contributed by atoms with Crippen molar-refractivity contribution in [1.29, 1.82) is 0 Å². The molecule has 0 radical (unpaired) electrons. The normalized spacial score (nSPS) is 20.7. The van der Waals surface area contributed by atoms with Gasteiger partial charge in [0.1, 0.15) is 0 Å². The molecule has 1 aromatic heterocycles. The van der Waals surface area contributed by atoms with Gasteiger partial charge in [0.2, 0.25) is 5.91 Å². The van der Waals surface area contributed by atoms with Crippen LogP contribution >= 0.6 is 0 Å². The van der Waals surface area contributed by atoms with E-state index in [1.807, 2.05) is 11.9 Å². The molecule has 2 fully saturated rings. The number of nitrogens with zero attached hydrogens (tertiary/aromatic N) is 3. The van der Waals surface area contributed by atoms with E-state index < -0.39 is 0 Å². The summed E-state index contributed by atoms with van der Waals surface area (Å²) < 4.78 is 0. The third-order valence-corrected chi connectivity index (χ3v) is 6.19. The predicted octanol–water partition coefficient (Wildman–Crippen LogP) is 2.22. The molecule has 0 unspecified atom stereocenters. The van der Waals surface area contributed by atoms with Crippen LogP contribution in [0.25, 0.3) is 0 Å². The number of aromatic nitrogens is 2. The maximum absolute atomic E-state index is 12.6. The molecular formula is C20H31N5O2. The van der Waals surface area contributed by atoms with Crippen molar-refractivity contribution in [2.24, 2.45) is 5.92 Å². The predicted molar refractivity (Wildman–Crippen MR) is 102 cm³/mol. The average Bonchev–Trinajstić information content (AvgIpc) is 3.49. The highest BCUT2D eigenvalue weighted by atomic mass is 16.2. The van der Waals surface area contributed by atoms with Crippen molar-refractivity contribution in [1.82, 2.24) is 25.3 Å². The van der Waals surface area contributed by atoms with Crippen LogP contribution in [-0.2, 0) is 24.2 Å². The van der Waals surface area contributed by atoms with E-state index in [1.165, 1.54) is 30.5 Å². The van der Waals surface area contributed by atoms with E-state index in [0.29, 0.717) is 12.5 Å². The molecule has 1 aliphatic heterocycles. The highest BCUT2D eigenvalue weighted by molar-refractivity contribution is 5.81. The van der Waals surface area contributed by atoms with Crippen molar-refractivity contribution in [2.45, 2.75) is 70.4 Å². The summed E-state index contributed by atoms with van der Waals surface area (Å²) in [5, 5.41) is 10.8. The van der Waals surface area contributed by atoms with Crippen molar-refractivity contribution in [3.05, 3.63) is 17.0 Å². The van der Waals surface area contributed by atoms with Crippen molar-refractivity contribution in [3.63, 3.8) is 0 Å². The van der Waals surface area contributed by atoms with Crippen LogP contribution in [0.2, 0.25) is 0 Å².